The maximum Gasteiger partial charge on any atom is 0.130 e. The second-order valence-corrected chi connectivity index (χ2v) is 1.82. The lowest BCUT2D eigenvalue weighted by Crippen LogP contribution is -2.26. The average Bonchev–Trinajstić information content (AvgIpc) is 2.19. The van der Waals surface area contributed by atoms with E-state index in [2.05, 4.69) is 10.3 Å². The van der Waals surface area contributed by atoms with Crippen molar-refractivity contribution in [2.45, 2.75) is 19.1 Å². The van der Waals surface area contributed by atoms with Crippen molar-refractivity contribution in [2.75, 3.05) is 13.7 Å². The van der Waals surface area contributed by atoms with Crippen LogP contribution >= 0.6 is 12.4 Å². The van der Waals surface area contributed by atoms with E-state index in [4.69, 9.17) is 4.74 Å². The van der Waals surface area contributed by atoms with Crippen molar-refractivity contribution in [2.24, 2.45) is 0 Å². The highest BCUT2D eigenvalue weighted by atomic mass is 35.5. The van der Waals surface area contributed by atoms with Crippen LogP contribution in [0.2, 0.25) is 0 Å². The summed E-state index contributed by atoms with van der Waals surface area (Å²) in [5.41, 5.74) is 2.72. The highest BCUT2D eigenvalue weighted by Gasteiger charge is 2.13. The standard InChI is InChI=1S/C5H11NO2.ClH/c1-7-6-5-3-2-4-8-5;/h5-6H,2-4H2,1H3;1H. The minimum Gasteiger partial charge on any atom is -0.361 e. The summed E-state index contributed by atoms with van der Waals surface area (Å²) in [6.07, 6.45) is 2.34. The Labute approximate surface area is 61.1 Å². The molecule has 3 nitrogen and oxygen atoms in total. The molecule has 1 unspecified atom stereocenters. The average molecular weight is 154 g/mol. The topological polar surface area (TPSA) is 30.5 Å². The van der Waals surface area contributed by atoms with E-state index in [0.717, 1.165) is 19.4 Å². The van der Waals surface area contributed by atoms with E-state index in [1.54, 1.807) is 7.11 Å². The summed E-state index contributed by atoms with van der Waals surface area (Å²) in [5.74, 6) is 0. The van der Waals surface area contributed by atoms with Crippen molar-refractivity contribution in [1.29, 1.82) is 0 Å². The molecule has 1 aliphatic rings. The number of hydrogen-bond donors (Lipinski definition) is 1. The fraction of sp³-hybridized carbons (Fsp3) is 1.00. The lowest BCUT2D eigenvalue weighted by molar-refractivity contribution is -0.0437. The quantitative estimate of drug-likeness (QED) is 0.593. The van der Waals surface area contributed by atoms with Crippen LogP contribution in [0.15, 0.2) is 0 Å². The van der Waals surface area contributed by atoms with Crippen LogP contribution in [0.4, 0.5) is 0 Å². The zero-order valence-electron chi connectivity index (χ0n) is 5.42. The first-order chi connectivity index (χ1) is 3.93. The lowest BCUT2D eigenvalue weighted by atomic mass is 10.3. The predicted octanol–water partition coefficient (Wildman–Crippen LogP) is 0.696. The zero-order chi connectivity index (χ0) is 5.82. The Kier molecular flexibility index (Phi) is 5.09. The molecule has 1 N–H and O–H groups in total. The normalized spacial score (nSPS) is 25.7. The highest BCUT2D eigenvalue weighted by molar-refractivity contribution is 5.85. The fourth-order valence-corrected chi connectivity index (χ4v) is 0.802. The summed E-state index contributed by atoms with van der Waals surface area (Å²) in [6.45, 7) is 0.862. The molecule has 0 radical (unpaired) electrons. The maximum atomic E-state index is 5.16. The van der Waals surface area contributed by atoms with Gasteiger partial charge in [0.1, 0.15) is 6.23 Å². The Hall–Kier alpha value is 0.170. The van der Waals surface area contributed by atoms with E-state index in [9.17, 15) is 0 Å². The molecular formula is C5H12ClNO2. The molecule has 1 saturated heterocycles. The monoisotopic (exact) mass is 153 g/mol. The molecule has 0 aromatic carbocycles. The van der Waals surface area contributed by atoms with Crippen molar-refractivity contribution >= 4 is 12.4 Å². The van der Waals surface area contributed by atoms with E-state index in [0.29, 0.717) is 0 Å². The van der Waals surface area contributed by atoms with E-state index in [1.807, 2.05) is 0 Å². The molecule has 0 spiro atoms. The molecule has 56 valence electrons. The van der Waals surface area contributed by atoms with Gasteiger partial charge in [0.15, 0.2) is 0 Å². The summed E-state index contributed by atoms with van der Waals surface area (Å²) in [4.78, 5) is 4.65. The third kappa shape index (κ3) is 3.01. The Balaban J connectivity index is 0.000000640. The molecule has 4 heteroatoms. The van der Waals surface area contributed by atoms with Gasteiger partial charge in [-0.3, -0.25) is 0 Å². The molecule has 0 amide bonds. The van der Waals surface area contributed by atoms with Crippen LogP contribution in [0, 0.1) is 0 Å². The summed E-state index contributed by atoms with van der Waals surface area (Å²) in [6, 6.07) is 0. The Morgan fingerprint density at radius 3 is 2.89 bits per heavy atom. The van der Waals surface area contributed by atoms with E-state index >= 15 is 0 Å². The summed E-state index contributed by atoms with van der Waals surface area (Å²) in [5, 5.41) is 0. The molecule has 0 aromatic heterocycles. The number of hydrogen-bond acceptors (Lipinski definition) is 3. The molecular weight excluding hydrogens is 142 g/mol. The zero-order valence-corrected chi connectivity index (χ0v) is 6.24. The van der Waals surface area contributed by atoms with Crippen LogP contribution in [0.25, 0.3) is 0 Å². The van der Waals surface area contributed by atoms with Gasteiger partial charge in [-0.2, -0.15) is 5.48 Å². The van der Waals surface area contributed by atoms with Gasteiger partial charge in [0.25, 0.3) is 0 Å². The summed E-state index contributed by atoms with van der Waals surface area (Å²) in [7, 11) is 1.60. The van der Waals surface area contributed by atoms with Crippen molar-refractivity contribution in [3.8, 4) is 0 Å². The second-order valence-electron chi connectivity index (χ2n) is 1.82. The fourth-order valence-electron chi connectivity index (χ4n) is 0.802. The minimum atomic E-state index is 0. The SMILES string of the molecule is CONC1CCCO1.Cl. The first-order valence-electron chi connectivity index (χ1n) is 2.83. The number of nitrogens with one attached hydrogen (secondary N) is 1. The maximum absolute atomic E-state index is 5.16. The van der Waals surface area contributed by atoms with Crippen molar-refractivity contribution in [1.82, 2.24) is 5.48 Å². The van der Waals surface area contributed by atoms with Gasteiger partial charge in [0.05, 0.1) is 7.11 Å². The van der Waals surface area contributed by atoms with Crippen LogP contribution < -0.4 is 5.48 Å². The number of ether oxygens (including phenoxy) is 1. The third-order valence-corrected chi connectivity index (χ3v) is 1.18. The molecule has 1 heterocycles. The number of halogens is 1. The number of rotatable bonds is 2. The van der Waals surface area contributed by atoms with E-state index in [-0.39, 0.29) is 18.6 Å². The molecule has 1 aliphatic heterocycles. The van der Waals surface area contributed by atoms with Crippen LogP contribution in [0.1, 0.15) is 12.8 Å². The molecule has 0 aromatic rings. The molecule has 0 saturated carbocycles. The van der Waals surface area contributed by atoms with Crippen molar-refractivity contribution in [3.63, 3.8) is 0 Å². The van der Waals surface area contributed by atoms with Gasteiger partial charge in [-0.15, -0.1) is 12.4 Å². The smallest absolute Gasteiger partial charge is 0.130 e. The molecule has 9 heavy (non-hydrogen) atoms. The van der Waals surface area contributed by atoms with Gasteiger partial charge in [0.2, 0.25) is 0 Å². The summed E-state index contributed by atoms with van der Waals surface area (Å²) < 4.78 is 5.16. The predicted molar refractivity (Wildman–Crippen MR) is 36.4 cm³/mol. The molecule has 1 fully saturated rings. The Bertz CT molecular complexity index is 66.0. The molecule has 0 bridgehead atoms. The van der Waals surface area contributed by atoms with Gasteiger partial charge >= 0.3 is 0 Å². The largest absolute Gasteiger partial charge is 0.361 e. The van der Waals surface area contributed by atoms with Gasteiger partial charge in [0, 0.05) is 6.61 Å². The highest BCUT2D eigenvalue weighted by Crippen LogP contribution is 2.07. The molecule has 1 rings (SSSR count). The van der Waals surface area contributed by atoms with Gasteiger partial charge in [-0.05, 0) is 12.8 Å². The lowest BCUT2D eigenvalue weighted by Gasteiger charge is -2.07. The van der Waals surface area contributed by atoms with Crippen molar-refractivity contribution < 1.29 is 9.57 Å². The van der Waals surface area contributed by atoms with Crippen molar-refractivity contribution in [3.05, 3.63) is 0 Å². The summed E-state index contributed by atoms with van der Waals surface area (Å²) >= 11 is 0. The first kappa shape index (κ1) is 9.17. The number of hydroxylamine groups is 1. The third-order valence-electron chi connectivity index (χ3n) is 1.18. The van der Waals surface area contributed by atoms with Crippen LogP contribution in [-0.2, 0) is 9.57 Å². The van der Waals surface area contributed by atoms with Crippen LogP contribution in [0.3, 0.4) is 0 Å². The van der Waals surface area contributed by atoms with Gasteiger partial charge in [-0.1, -0.05) is 0 Å². The van der Waals surface area contributed by atoms with Gasteiger partial charge < -0.3 is 9.57 Å². The van der Waals surface area contributed by atoms with Crippen LogP contribution in [-0.4, -0.2) is 19.9 Å². The second kappa shape index (κ2) is 4.99. The molecule has 1 atom stereocenters. The Morgan fingerprint density at radius 1 is 1.67 bits per heavy atom. The van der Waals surface area contributed by atoms with Gasteiger partial charge in [-0.25, -0.2) is 0 Å². The van der Waals surface area contributed by atoms with E-state index in [1.165, 1.54) is 0 Å². The van der Waals surface area contributed by atoms with E-state index < -0.39 is 0 Å². The minimum absolute atomic E-state index is 0. The Morgan fingerprint density at radius 2 is 2.44 bits per heavy atom. The first-order valence-corrected chi connectivity index (χ1v) is 2.83. The van der Waals surface area contributed by atoms with Crippen LogP contribution in [0.5, 0.6) is 0 Å². The molecule has 0 aliphatic carbocycles.